The highest BCUT2D eigenvalue weighted by atomic mass is 16.2. The number of nitrogens with zero attached hydrogens (tertiary/aromatic N) is 2. The van der Waals surface area contributed by atoms with E-state index < -0.39 is 0 Å². The van der Waals surface area contributed by atoms with Crippen molar-refractivity contribution in [2.45, 2.75) is 45.1 Å². The second kappa shape index (κ2) is 7.07. The summed E-state index contributed by atoms with van der Waals surface area (Å²) in [5.74, 6) is 0.938. The third-order valence-electron chi connectivity index (χ3n) is 4.67. The predicted molar refractivity (Wildman–Crippen MR) is 78.3 cm³/mol. The molecular weight excluding hydrogens is 254 g/mol. The summed E-state index contributed by atoms with van der Waals surface area (Å²) in [7, 11) is 1.98. The van der Waals surface area contributed by atoms with Gasteiger partial charge in [-0.15, -0.1) is 0 Å². The van der Waals surface area contributed by atoms with E-state index >= 15 is 0 Å². The molecule has 5 heteroatoms. The first-order valence-corrected chi connectivity index (χ1v) is 7.84. The van der Waals surface area contributed by atoms with Gasteiger partial charge in [0.05, 0.1) is 0 Å². The Kier molecular flexibility index (Phi) is 5.40. The highest BCUT2D eigenvalue weighted by Gasteiger charge is 2.36. The summed E-state index contributed by atoms with van der Waals surface area (Å²) in [6, 6.07) is -0.193. The summed E-state index contributed by atoms with van der Waals surface area (Å²) in [6.45, 7) is 5.07. The number of carbonyl (C=O) groups excluding carboxylic acids is 2. The molecular formula is C15H27N3O2. The van der Waals surface area contributed by atoms with E-state index in [1.54, 1.807) is 11.8 Å². The van der Waals surface area contributed by atoms with E-state index in [0.717, 1.165) is 57.8 Å². The molecule has 2 aliphatic rings. The quantitative estimate of drug-likeness (QED) is 0.831. The van der Waals surface area contributed by atoms with E-state index in [-0.39, 0.29) is 17.9 Å². The van der Waals surface area contributed by atoms with Crippen LogP contribution in [0.5, 0.6) is 0 Å². The molecule has 1 atom stereocenters. The molecule has 0 aliphatic carbocycles. The third-order valence-corrected chi connectivity index (χ3v) is 4.67. The lowest BCUT2D eigenvalue weighted by molar-refractivity contribution is -0.143. The minimum atomic E-state index is -0.193. The maximum Gasteiger partial charge on any atom is 0.245 e. The largest absolute Gasteiger partial charge is 0.341 e. The Morgan fingerprint density at radius 3 is 2.45 bits per heavy atom. The molecule has 2 amide bonds. The number of hydrogen-bond acceptors (Lipinski definition) is 3. The summed E-state index contributed by atoms with van der Waals surface area (Å²) in [5.41, 5.74) is 0. The maximum absolute atomic E-state index is 12.6. The number of amides is 2. The fourth-order valence-electron chi connectivity index (χ4n) is 3.40. The Morgan fingerprint density at radius 1 is 1.15 bits per heavy atom. The van der Waals surface area contributed by atoms with Crippen LogP contribution in [0, 0.1) is 5.92 Å². The van der Waals surface area contributed by atoms with Gasteiger partial charge in [-0.2, -0.15) is 0 Å². The van der Waals surface area contributed by atoms with Crippen LogP contribution in [0.3, 0.4) is 0 Å². The van der Waals surface area contributed by atoms with Crippen LogP contribution in [0.15, 0.2) is 0 Å². The first kappa shape index (κ1) is 15.3. The number of carbonyl (C=O) groups is 2. The lowest BCUT2D eigenvalue weighted by Crippen LogP contribution is -2.49. The molecule has 1 N–H and O–H groups in total. The van der Waals surface area contributed by atoms with Crippen LogP contribution in [0.25, 0.3) is 0 Å². The van der Waals surface area contributed by atoms with Crippen molar-refractivity contribution in [3.63, 3.8) is 0 Å². The van der Waals surface area contributed by atoms with Gasteiger partial charge < -0.3 is 15.1 Å². The zero-order valence-electron chi connectivity index (χ0n) is 12.7. The molecule has 0 spiro atoms. The summed E-state index contributed by atoms with van der Waals surface area (Å²) in [6.07, 6.45) is 5.18. The van der Waals surface area contributed by atoms with Gasteiger partial charge in [0.2, 0.25) is 11.8 Å². The van der Waals surface area contributed by atoms with Crippen LogP contribution in [0.1, 0.15) is 39.0 Å². The normalized spacial score (nSPS) is 24.2. The molecule has 20 heavy (non-hydrogen) atoms. The SMILES string of the molecule is CNCCC1CCN(C(=O)C2CCCN2C(C)=O)CC1. The van der Waals surface area contributed by atoms with Crippen molar-refractivity contribution < 1.29 is 9.59 Å². The summed E-state index contributed by atoms with van der Waals surface area (Å²) in [4.78, 5) is 27.8. The Labute approximate surface area is 121 Å². The molecule has 0 radical (unpaired) electrons. The molecule has 0 aromatic carbocycles. The topological polar surface area (TPSA) is 52.7 Å². The van der Waals surface area contributed by atoms with Crippen LogP contribution >= 0.6 is 0 Å². The van der Waals surface area contributed by atoms with Crippen molar-refractivity contribution >= 4 is 11.8 Å². The van der Waals surface area contributed by atoms with Crippen LogP contribution in [-0.2, 0) is 9.59 Å². The van der Waals surface area contributed by atoms with Gasteiger partial charge in [-0.1, -0.05) is 0 Å². The molecule has 0 saturated carbocycles. The molecule has 2 heterocycles. The second-order valence-electron chi connectivity index (χ2n) is 6.03. The van der Waals surface area contributed by atoms with E-state index in [4.69, 9.17) is 0 Å². The monoisotopic (exact) mass is 281 g/mol. The fraction of sp³-hybridized carbons (Fsp3) is 0.867. The van der Waals surface area contributed by atoms with Gasteiger partial charge in [0.25, 0.3) is 0 Å². The van der Waals surface area contributed by atoms with Gasteiger partial charge in [0, 0.05) is 26.6 Å². The number of piperidine rings is 1. The van der Waals surface area contributed by atoms with E-state index in [9.17, 15) is 9.59 Å². The zero-order valence-corrected chi connectivity index (χ0v) is 12.7. The van der Waals surface area contributed by atoms with E-state index in [1.807, 2.05) is 11.9 Å². The summed E-state index contributed by atoms with van der Waals surface area (Å²) < 4.78 is 0. The Bertz CT molecular complexity index is 351. The standard InChI is InChI=1S/C15H27N3O2/c1-12(19)18-9-3-4-14(18)15(20)17-10-6-13(7-11-17)5-8-16-2/h13-14,16H,3-11H2,1-2H3. The number of likely N-dealkylation sites (tertiary alicyclic amines) is 2. The molecule has 2 aliphatic heterocycles. The van der Waals surface area contributed by atoms with Crippen molar-refractivity contribution in [3.8, 4) is 0 Å². The molecule has 2 fully saturated rings. The lowest BCUT2D eigenvalue weighted by Gasteiger charge is -2.35. The van der Waals surface area contributed by atoms with Crippen LogP contribution in [0.2, 0.25) is 0 Å². The number of rotatable bonds is 4. The molecule has 114 valence electrons. The highest BCUT2D eigenvalue weighted by Crippen LogP contribution is 2.24. The van der Waals surface area contributed by atoms with E-state index in [1.165, 1.54) is 6.42 Å². The van der Waals surface area contributed by atoms with Crippen LogP contribution < -0.4 is 5.32 Å². The minimum Gasteiger partial charge on any atom is -0.341 e. The zero-order chi connectivity index (χ0) is 14.5. The molecule has 5 nitrogen and oxygen atoms in total. The van der Waals surface area contributed by atoms with Gasteiger partial charge in [-0.25, -0.2) is 0 Å². The van der Waals surface area contributed by atoms with E-state index in [2.05, 4.69) is 5.32 Å². The number of hydrogen-bond donors (Lipinski definition) is 1. The third kappa shape index (κ3) is 3.51. The molecule has 0 bridgehead atoms. The lowest BCUT2D eigenvalue weighted by atomic mass is 9.93. The van der Waals surface area contributed by atoms with E-state index in [0.29, 0.717) is 0 Å². The van der Waals surface area contributed by atoms with Crippen LogP contribution in [-0.4, -0.2) is 60.9 Å². The Balaban J connectivity index is 1.84. The first-order valence-electron chi connectivity index (χ1n) is 7.84. The van der Waals surface area contributed by atoms with Gasteiger partial charge in [0.1, 0.15) is 6.04 Å². The molecule has 1 unspecified atom stereocenters. The van der Waals surface area contributed by atoms with Crippen molar-refractivity contribution in [3.05, 3.63) is 0 Å². The van der Waals surface area contributed by atoms with Crippen molar-refractivity contribution in [1.29, 1.82) is 0 Å². The Morgan fingerprint density at radius 2 is 1.85 bits per heavy atom. The molecule has 2 rings (SSSR count). The minimum absolute atomic E-state index is 0.0322. The van der Waals surface area contributed by atoms with Crippen molar-refractivity contribution in [2.24, 2.45) is 5.92 Å². The smallest absolute Gasteiger partial charge is 0.245 e. The summed E-state index contributed by atoms with van der Waals surface area (Å²) in [5, 5.41) is 3.19. The molecule has 0 aromatic heterocycles. The molecule has 2 saturated heterocycles. The first-order chi connectivity index (χ1) is 9.63. The van der Waals surface area contributed by atoms with Gasteiger partial charge in [-0.3, -0.25) is 9.59 Å². The second-order valence-corrected chi connectivity index (χ2v) is 6.03. The van der Waals surface area contributed by atoms with Crippen molar-refractivity contribution in [2.75, 3.05) is 33.2 Å². The Hall–Kier alpha value is -1.10. The molecule has 0 aromatic rings. The summed E-state index contributed by atoms with van der Waals surface area (Å²) >= 11 is 0. The predicted octanol–water partition coefficient (Wildman–Crippen LogP) is 0.845. The average Bonchev–Trinajstić information content (AvgIpc) is 2.94. The highest BCUT2D eigenvalue weighted by molar-refractivity contribution is 5.87. The number of nitrogens with one attached hydrogen (secondary N) is 1. The average molecular weight is 281 g/mol. The van der Waals surface area contributed by atoms with Crippen LogP contribution in [0.4, 0.5) is 0 Å². The van der Waals surface area contributed by atoms with Gasteiger partial charge in [0.15, 0.2) is 0 Å². The van der Waals surface area contributed by atoms with Gasteiger partial charge in [-0.05, 0) is 51.6 Å². The maximum atomic E-state index is 12.6. The fourth-order valence-corrected chi connectivity index (χ4v) is 3.40. The van der Waals surface area contributed by atoms with Crippen molar-refractivity contribution in [1.82, 2.24) is 15.1 Å². The van der Waals surface area contributed by atoms with Gasteiger partial charge >= 0.3 is 0 Å².